The lowest BCUT2D eigenvalue weighted by molar-refractivity contribution is 0.132. The minimum atomic E-state index is -4.64. The molecule has 0 radical (unpaired) electrons. The van der Waals surface area contributed by atoms with Gasteiger partial charge in [-0.05, 0) is 43.5 Å². The van der Waals surface area contributed by atoms with E-state index in [0.29, 0.717) is 0 Å². The molecular weight excluding hydrogens is 403 g/mol. The van der Waals surface area contributed by atoms with Gasteiger partial charge in [-0.1, -0.05) is 74.9 Å². The van der Waals surface area contributed by atoms with Crippen molar-refractivity contribution in [3.05, 3.63) is 59.7 Å². The molecule has 0 aliphatic rings. The lowest BCUT2D eigenvalue weighted by Gasteiger charge is -2.12. The van der Waals surface area contributed by atoms with Gasteiger partial charge >= 0.3 is 7.82 Å². The number of hydrogen-bond acceptors (Lipinski definition) is 3. The number of unbranched alkanes of at least 4 members (excludes halogenated alkanes) is 5. The fourth-order valence-electron chi connectivity index (χ4n) is 2.89. The predicted molar refractivity (Wildman–Crippen MR) is 120 cm³/mol. The summed E-state index contributed by atoms with van der Waals surface area (Å²) in [4.78, 5) is 21.6. The normalized spacial score (nSPS) is 11.0. The first kappa shape index (κ1) is 26.3. The summed E-state index contributed by atoms with van der Waals surface area (Å²) in [6.07, 6.45) is 8.71. The van der Waals surface area contributed by atoms with Gasteiger partial charge in [0.05, 0.1) is 6.61 Å². The van der Waals surface area contributed by atoms with Crippen molar-refractivity contribution in [2.45, 2.75) is 58.8 Å². The van der Waals surface area contributed by atoms with Crippen LogP contribution in [-0.2, 0) is 15.7 Å². The molecule has 2 rings (SSSR count). The molecule has 0 aliphatic carbocycles. The van der Waals surface area contributed by atoms with Crippen LogP contribution in [0.1, 0.15) is 56.6 Å². The van der Waals surface area contributed by atoms with Gasteiger partial charge in [0.15, 0.2) is 0 Å². The summed E-state index contributed by atoms with van der Waals surface area (Å²) in [5.41, 5.74) is 2.47. The van der Waals surface area contributed by atoms with Crippen molar-refractivity contribution in [2.75, 3.05) is 13.2 Å². The van der Waals surface area contributed by atoms with E-state index in [0.717, 1.165) is 31.1 Å². The number of phosphoric acid groups is 1. The van der Waals surface area contributed by atoms with Crippen LogP contribution >= 0.6 is 7.82 Å². The third-order valence-electron chi connectivity index (χ3n) is 4.34. The Hall–Kier alpha value is -1.69. The molecule has 0 aliphatic heterocycles. The van der Waals surface area contributed by atoms with Gasteiger partial charge in [0.25, 0.3) is 0 Å². The average Bonchev–Trinajstić information content (AvgIpc) is 2.68. The molecule has 0 fully saturated rings. The second kappa shape index (κ2) is 15.2. The third-order valence-corrected chi connectivity index (χ3v) is 4.34. The van der Waals surface area contributed by atoms with Gasteiger partial charge in [-0.25, -0.2) is 4.57 Å². The maximum atomic E-state index is 8.88. The number of hydrogen-bond donors (Lipinski definition) is 3. The van der Waals surface area contributed by atoms with Crippen LogP contribution in [0.3, 0.4) is 0 Å². The first-order valence-electron chi connectivity index (χ1n) is 10.5. The largest absolute Gasteiger partial charge is 0.466 e. The van der Waals surface area contributed by atoms with E-state index in [2.05, 4.69) is 32.0 Å². The predicted octanol–water partition coefficient (Wildman–Crippen LogP) is 5.78. The first-order chi connectivity index (χ1) is 14.3. The summed E-state index contributed by atoms with van der Waals surface area (Å²) < 4.78 is 20.8. The second-order valence-corrected chi connectivity index (χ2v) is 8.20. The maximum Gasteiger partial charge on any atom is 0.466 e. The Bertz CT molecular complexity index is 736. The summed E-state index contributed by atoms with van der Waals surface area (Å²) in [7, 11) is -4.64. The molecule has 0 saturated heterocycles. The molecular formula is C23H35O6P. The third kappa shape index (κ3) is 14.3. The highest BCUT2D eigenvalue weighted by Gasteiger charge is 2.06. The fourth-order valence-corrected chi connectivity index (χ4v) is 2.89. The SMILES string of the molecule is CCCCCCCCOCCc1cc(C)ccc1Oc1ccccc1.O=P(O)(O)O. The Kier molecular flexibility index (Phi) is 13.3. The van der Waals surface area contributed by atoms with E-state index < -0.39 is 7.82 Å². The van der Waals surface area contributed by atoms with Crippen molar-refractivity contribution in [1.29, 1.82) is 0 Å². The van der Waals surface area contributed by atoms with Gasteiger partial charge in [0.1, 0.15) is 11.5 Å². The van der Waals surface area contributed by atoms with E-state index in [4.69, 9.17) is 28.7 Å². The zero-order chi connectivity index (χ0) is 22.2. The van der Waals surface area contributed by atoms with Crippen molar-refractivity contribution < 1.29 is 28.7 Å². The highest BCUT2D eigenvalue weighted by atomic mass is 31.2. The van der Waals surface area contributed by atoms with Crippen molar-refractivity contribution in [3.8, 4) is 11.5 Å². The van der Waals surface area contributed by atoms with Crippen molar-refractivity contribution in [2.24, 2.45) is 0 Å². The Labute approximate surface area is 180 Å². The fraction of sp³-hybridized carbons (Fsp3) is 0.478. The van der Waals surface area contributed by atoms with Crippen molar-refractivity contribution in [1.82, 2.24) is 0 Å². The quantitative estimate of drug-likeness (QED) is 0.287. The molecule has 7 heteroatoms. The molecule has 0 heterocycles. The van der Waals surface area contributed by atoms with Gasteiger partial charge in [-0.3, -0.25) is 0 Å². The Morgan fingerprint density at radius 3 is 2.17 bits per heavy atom. The number of aryl methyl sites for hydroxylation is 1. The summed E-state index contributed by atoms with van der Waals surface area (Å²) in [5.74, 6) is 1.81. The first-order valence-corrected chi connectivity index (χ1v) is 12.0. The zero-order valence-electron chi connectivity index (χ0n) is 18.0. The Balaban J connectivity index is 0.000000804. The molecule has 30 heavy (non-hydrogen) atoms. The van der Waals surface area contributed by atoms with Gasteiger partial charge in [-0.2, -0.15) is 0 Å². The van der Waals surface area contributed by atoms with Crippen molar-refractivity contribution >= 4 is 7.82 Å². The van der Waals surface area contributed by atoms with E-state index in [1.165, 1.54) is 49.7 Å². The van der Waals surface area contributed by atoms with Crippen LogP contribution in [0.15, 0.2) is 48.5 Å². The molecule has 0 spiro atoms. The van der Waals surface area contributed by atoms with Crippen molar-refractivity contribution in [3.63, 3.8) is 0 Å². The Morgan fingerprint density at radius 1 is 0.867 bits per heavy atom. The lowest BCUT2D eigenvalue weighted by atomic mass is 10.1. The van der Waals surface area contributed by atoms with Gasteiger partial charge in [0.2, 0.25) is 0 Å². The number of benzene rings is 2. The number of para-hydroxylation sites is 1. The van der Waals surface area contributed by atoms with Gasteiger partial charge in [-0.15, -0.1) is 0 Å². The minimum Gasteiger partial charge on any atom is -0.457 e. The van der Waals surface area contributed by atoms with Crippen LogP contribution < -0.4 is 4.74 Å². The number of ether oxygens (including phenoxy) is 2. The molecule has 0 amide bonds. The zero-order valence-corrected chi connectivity index (χ0v) is 18.9. The molecule has 2 aromatic rings. The standard InChI is InChI=1S/C23H32O2.H3O4P/c1-3-4-5-6-7-11-17-24-18-16-21-19-20(2)14-15-23(21)25-22-12-9-8-10-13-22;1-5(2,3)4/h8-10,12-15,19H,3-7,11,16-18H2,1-2H3;(H3,1,2,3,4). The molecule has 0 unspecified atom stereocenters. The minimum absolute atomic E-state index is 0.754. The van der Waals surface area contributed by atoms with Crippen LogP contribution in [0.4, 0.5) is 0 Å². The van der Waals surface area contributed by atoms with Gasteiger partial charge < -0.3 is 24.2 Å². The topological polar surface area (TPSA) is 96.2 Å². The smallest absolute Gasteiger partial charge is 0.457 e. The van der Waals surface area contributed by atoms with E-state index in [1.54, 1.807) is 0 Å². The molecule has 0 atom stereocenters. The van der Waals surface area contributed by atoms with E-state index >= 15 is 0 Å². The lowest BCUT2D eigenvalue weighted by Crippen LogP contribution is -2.02. The molecule has 0 aromatic heterocycles. The molecule has 0 bridgehead atoms. The van der Waals surface area contributed by atoms with Crippen LogP contribution in [0, 0.1) is 6.92 Å². The van der Waals surface area contributed by atoms with E-state index in [-0.39, 0.29) is 0 Å². The number of rotatable bonds is 12. The maximum absolute atomic E-state index is 8.88. The van der Waals surface area contributed by atoms with Crippen LogP contribution in [-0.4, -0.2) is 27.9 Å². The second-order valence-electron chi connectivity index (χ2n) is 7.17. The van der Waals surface area contributed by atoms with E-state index in [9.17, 15) is 0 Å². The summed E-state index contributed by atoms with van der Waals surface area (Å²) in [6.45, 7) is 5.99. The van der Waals surface area contributed by atoms with Crippen LogP contribution in [0.2, 0.25) is 0 Å². The highest BCUT2D eigenvalue weighted by molar-refractivity contribution is 7.45. The van der Waals surface area contributed by atoms with Crippen LogP contribution in [0.25, 0.3) is 0 Å². The molecule has 6 nitrogen and oxygen atoms in total. The Morgan fingerprint density at radius 2 is 1.50 bits per heavy atom. The highest BCUT2D eigenvalue weighted by Crippen LogP contribution is 2.27. The van der Waals surface area contributed by atoms with Gasteiger partial charge in [0, 0.05) is 6.61 Å². The summed E-state index contributed by atoms with van der Waals surface area (Å²) in [6, 6.07) is 16.3. The monoisotopic (exact) mass is 438 g/mol. The molecule has 2 aromatic carbocycles. The molecule has 0 saturated carbocycles. The summed E-state index contributed by atoms with van der Waals surface area (Å²) in [5, 5.41) is 0. The van der Waals surface area contributed by atoms with E-state index in [1.807, 2.05) is 30.3 Å². The van der Waals surface area contributed by atoms with Crippen LogP contribution in [0.5, 0.6) is 11.5 Å². The molecule has 168 valence electrons. The molecule has 3 N–H and O–H groups in total. The summed E-state index contributed by atoms with van der Waals surface area (Å²) >= 11 is 0. The average molecular weight is 439 g/mol.